The first-order valence-corrected chi connectivity index (χ1v) is 7.10. The van der Waals surface area contributed by atoms with E-state index in [0.29, 0.717) is 18.3 Å². The van der Waals surface area contributed by atoms with Crippen LogP contribution in [0.2, 0.25) is 0 Å². The molecule has 3 unspecified atom stereocenters. The maximum absolute atomic E-state index is 12.8. The van der Waals surface area contributed by atoms with Gasteiger partial charge in [0.15, 0.2) is 0 Å². The van der Waals surface area contributed by atoms with Gasteiger partial charge in [-0.2, -0.15) is 0 Å². The Labute approximate surface area is 114 Å². The number of benzene rings is 1. The highest BCUT2D eigenvalue weighted by atomic mass is 19.1. The van der Waals surface area contributed by atoms with Crippen LogP contribution in [-0.4, -0.2) is 11.9 Å². The summed E-state index contributed by atoms with van der Waals surface area (Å²) in [5, 5.41) is 3.13. The molecular weight excluding hydrogens is 241 g/mol. The van der Waals surface area contributed by atoms with Gasteiger partial charge in [0.1, 0.15) is 5.82 Å². The fraction of sp³-hybridized carbons (Fsp3) is 0.562. The van der Waals surface area contributed by atoms with Crippen molar-refractivity contribution in [3.63, 3.8) is 0 Å². The van der Waals surface area contributed by atoms with Crippen molar-refractivity contribution in [2.24, 2.45) is 11.8 Å². The molecule has 2 rings (SSSR count). The molecule has 0 saturated heterocycles. The standard InChI is InChI=1S/C16H22FNO/c1-11-4-3-5-15(12(11)2)18-16(19)10-13-6-8-14(17)9-7-13/h6-9,11-12,15H,3-5,10H2,1-2H3,(H,18,19). The Kier molecular flexibility index (Phi) is 4.56. The third-order valence-electron chi connectivity index (χ3n) is 4.33. The van der Waals surface area contributed by atoms with E-state index in [2.05, 4.69) is 19.2 Å². The summed E-state index contributed by atoms with van der Waals surface area (Å²) in [5.74, 6) is 0.979. The first-order valence-electron chi connectivity index (χ1n) is 7.10. The molecule has 104 valence electrons. The Morgan fingerprint density at radius 2 is 1.95 bits per heavy atom. The molecule has 3 atom stereocenters. The Morgan fingerprint density at radius 3 is 2.63 bits per heavy atom. The van der Waals surface area contributed by atoms with Crippen LogP contribution in [0, 0.1) is 17.7 Å². The fourth-order valence-corrected chi connectivity index (χ4v) is 2.83. The highest BCUT2D eigenvalue weighted by Gasteiger charge is 2.27. The molecule has 0 radical (unpaired) electrons. The van der Waals surface area contributed by atoms with Crippen LogP contribution >= 0.6 is 0 Å². The van der Waals surface area contributed by atoms with Crippen LogP contribution in [0.15, 0.2) is 24.3 Å². The summed E-state index contributed by atoms with van der Waals surface area (Å²) in [6.45, 7) is 4.47. The van der Waals surface area contributed by atoms with Crippen molar-refractivity contribution in [2.75, 3.05) is 0 Å². The Bertz CT molecular complexity index is 429. The van der Waals surface area contributed by atoms with Crippen molar-refractivity contribution in [1.82, 2.24) is 5.32 Å². The normalized spacial score (nSPS) is 27.0. The predicted octanol–water partition coefficient (Wildman–Crippen LogP) is 3.31. The summed E-state index contributed by atoms with van der Waals surface area (Å²) in [7, 11) is 0. The quantitative estimate of drug-likeness (QED) is 0.890. The maximum Gasteiger partial charge on any atom is 0.224 e. The molecule has 1 aliphatic carbocycles. The summed E-state index contributed by atoms with van der Waals surface area (Å²) >= 11 is 0. The molecular formula is C16H22FNO. The fourth-order valence-electron chi connectivity index (χ4n) is 2.83. The third-order valence-corrected chi connectivity index (χ3v) is 4.33. The average Bonchev–Trinajstić information content (AvgIpc) is 2.38. The van der Waals surface area contributed by atoms with Gasteiger partial charge < -0.3 is 5.32 Å². The summed E-state index contributed by atoms with van der Waals surface area (Å²) in [4.78, 5) is 12.0. The van der Waals surface area contributed by atoms with E-state index in [1.54, 1.807) is 12.1 Å². The zero-order valence-electron chi connectivity index (χ0n) is 11.7. The first-order chi connectivity index (χ1) is 9.06. The van der Waals surface area contributed by atoms with E-state index in [1.807, 2.05) is 0 Å². The van der Waals surface area contributed by atoms with Crippen molar-refractivity contribution in [3.05, 3.63) is 35.6 Å². The van der Waals surface area contributed by atoms with Crippen LogP contribution in [0.4, 0.5) is 4.39 Å². The van der Waals surface area contributed by atoms with Gasteiger partial charge in [0.2, 0.25) is 5.91 Å². The Hall–Kier alpha value is -1.38. The molecule has 1 aliphatic rings. The number of hydrogen-bond donors (Lipinski definition) is 1. The lowest BCUT2D eigenvalue weighted by molar-refractivity contribution is -0.121. The third kappa shape index (κ3) is 3.79. The second-order valence-corrected chi connectivity index (χ2v) is 5.74. The molecule has 1 amide bonds. The minimum absolute atomic E-state index is 0.0394. The zero-order valence-corrected chi connectivity index (χ0v) is 11.7. The largest absolute Gasteiger partial charge is 0.353 e. The number of carbonyl (C=O) groups is 1. The van der Waals surface area contributed by atoms with Gasteiger partial charge in [0, 0.05) is 6.04 Å². The van der Waals surface area contributed by atoms with Crippen LogP contribution in [-0.2, 0) is 11.2 Å². The number of amides is 1. The molecule has 3 heteroatoms. The van der Waals surface area contributed by atoms with E-state index in [4.69, 9.17) is 0 Å². The molecule has 0 bridgehead atoms. The number of nitrogens with one attached hydrogen (secondary N) is 1. The summed E-state index contributed by atoms with van der Waals surface area (Å²) in [5.41, 5.74) is 0.857. The van der Waals surface area contributed by atoms with Gasteiger partial charge in [-0.05, 0) is 36.0 Å². The molecule has 0 aromatic heterocycles. The van der Waals surface area contributed by atoms with Crippen molar-refractivity contribution >= 4 is 5.91 Å². The predicted molar refractivity (Wildman–Crippen MR) is 74.2 cm³/mol. The van der Waals surface area contributed by atoms with Gasteiger partial charge >= 0.3 is 0 Å². The van der Waals surface area contributed by atoms with Gasteiger partial charge in [-0.1, -0.05) is 38.8 Å². The second kappa shape index (κ2) is 6.18. The van der Waals surface area contributed by atoms with E-state index in [9.17, 15) is 9.18 Å². The van der Waals surface area contributed by atoms with Crippen LogP contribution in [0.3, 0.4) is 0 Å². The second-order valence-electron chi connectivity index (χ2n) is 5.74. The molecule has 1 fully saturated rings. The van der Waals surface area contributed by atoms with Crippen LogP contribution in [0.25, 0.3) is 0 Å². The minimum atomic E-state index is -0.265. The minimum Gasteiger partial charge on any atom is -0.353 e. The highest BCUT2D eigenvalue weighted by Crippen LogP contribution is 2.29. The van der Waals surface area contributed by atoms with Crippen molar-refractivity contribution < 1.29 is 9.18 Å². The van der Waals surface area contributed by atoms with E-state index in [1.165, 1.54) is 25.0 Å². The molecule has 2 nitrogen and oxygen atoms in total. The van der Waals surface area contributed by atoms with Crippen molar-refractivity contribution in [1.29, 1.82) is 0 Å². The van der Waals surface area contributed by atoms with Gasteiger partial charge in [-0.15, -0.1) is 0 Å². The first kappa shape index (κ1) is 14.0. The maximum atomic E-state index is 12.8. The molecule has 1 aromatic carbocycles. The number of halogens is 1. The van der Waals surface area contributed by atoms with E-state index in [0.717, 1.165) is 12.0 Å². The lowest BCUT2D eigenvalue weighted by atomic mass is 9.78. The summed E-state index contributed by atoms with van der Waals surface area (Å²) < 4.78 is 12.8. The lowest BCUT2D eigenvalue weighted by Crippen LogP contribution is -2.44. The van der Waals surface area contributed by atoms with Crippen molar-refractivity contribution in [3.8, 4) is 0 Å². The molecule has 1 N–H and O–H groups in total. The Morgan fingerprint density at radius 1 is 1.26 bits per heavy atom. The lowest BCUT2D eigenvalue weighted by Gasteiger charge is -2.34. The van der Waals surface area contributed by atoms with Gasteiger partial charge in [0.25, 0.3) is 0 Å². The van der Waals surface area contributed by atoms with E-state index in [-0.39, 0.29) is 17.8 Å². The monoisotopic (exact) mass is 263 g/mol. The van der Waals surface area contributed by atoms with Crippen molar-refractivity contribution in [2.45, 2.75) is 45.6 Å². The van der Waals surface area contributed by atoms with E-state index >= 15 is 0 Å². The molecule has 0 heterocycles. The average molecular weight is 263 g/mol. The zero-order chi connectivity index (χ0) is 13.8. The number of hydrogen-bond acceptors (Lipinski definition) is 1. The molecule has 0 spiro atoms. The molecule has 0 aliphatic heterocycles. The molecule has 1 saturated carbocycles. The van der Waals surface area contributed by atoms with Crippen LogP contribution < -0.4 is 5.32 Å². The van der Waals surface area contributed by atoms with Gasteiger partial charge in [0.05, 0.1) is 6.42 Å². The van der Waals surface area contributed by atoms with Gasteiger partial charge in [-0.3, -0.25) is 4.79 Å². The van der Waals surface area contributed by atoms with Crippen LogP contribution in [0.5, 0.6) is 0 Å². The van der Waals surface area contributed by atoms with Gasteiger partial charge in [-0.25, -0.2) is 4.39 Å². The summed E-state index contributed by atoms with van der Waals surface area (Å²) in [6, 6.07) is 6.42. The topological polar surface area (TPSA) is 29.1 Å². The highest BCUT2D eigenvalue weighted by molar-refractivity contribution is 5.78. The number of rotatable bonds is 3. The molecule has 19 heavy (non-hydrogen) atoms. The number of carbonyl (C=O) groups excluding carboxylic acids is 1. The smallest absolute Gasteiger partial charge is 0.224 e. The van der Waals surface area contributed by atoms with E-state index < -0.39 is 0 Å². The Balaban J connectivity index is 1.88. The van der Waals surface area contributed by atoms with Crippen LogP contribution in [0.1, 0.15) is 38.7 Å². The molecule has 1 aromatic rings. The SMILES string of the molecule is CC1CCCC(NC(=O)Cc2ccc(F)cc2)C1C. The summed E-state index contributed by atoms with van der Waals surface area (Å²) in [6.07, 6.45) is 3.84.